The summed E-state index contributed by atoms with van der Waals surface area (Å²) in [7, 11) is 0. The van der Waals surface area contributed by atoms with E-state index < -0.39 is 5.41 Å². The van der Waals surface area contributed by atoms with Crippen molar-refractivity contribution in [3.63, 3.8) is 0 Å². The van der Waals surface area contributed by atoms with Crippen LogP contribution in [0.1, 0.15) is 44.4 Å². The van der Waals surface area contributed by atoms with Crippen molar-refractivity contribution in [3.8, 4) is 11.1 Å². The highest BCUT2D eigenvalue weighted by Crippen LogP contribution is 2.55. The van der Waals surface area contributed by atoms with Crippen LogP contribution in [0.15, 0.2) is 85.1 Å². The minimum atomic E-state index is -0.584. The Balaban J connectivity index is 1.35. The molecule has 36 heavy (non-hydrogen) atoms. The van der Waals surface area contributed by atoms with Crippen LogP contribution in [0.2, 0.25) is 0 Å². The van der Waals surface area contributed by atoms with Crippen molar-refractivity contribution in [1.82, 2.24) is 4.98 Å². The van der Waals surface area contributed by atoms with Crippen LogP contribution in [0.5, 0.6) is 0 Å². The second kappa shape index (κ2) is 10.8. The molecule has 2 aromatic carbocycles. The van der Waals surface area contributed by atoms with Crippen molar-refractivity contribution >= 4 is 12.0 Å². The van der Waals surface area contributed by atoms with Gasteiger partial charge in [-0.25, -0.2) is 0 Å². The predicted octanol–water partition coefficient (Wildman–Crippen LogP) is 6.96. The summed E-state index contributed by atoms with van der Waals surface area (Å²) in [6, 6.07) is 24.6. The smallest absolute Gasteiger partial charge is 0.315 e. The number of ether oxygens (including phenoxy) is 2. The number of pyridine rings is 1. The van der Waals surface area contributed by atoms with Gasteiger partial charge in [0.2, 0.25) is 0 Å². The van der Waals surface area contributed by atoms with Crippen LogP contribution in [0.25, 0.3) is 17.2 Å². The molecule has 0 amide bonds. The van der Waals surface area contributed by atoms with E-state index >= 15 is 0 Å². The summed E-state index contributed by atoms with van der Waals surface area (Å²) in [6.07, 6.45) is 9.11. The monoisotopic (exact) mass is 481 g/mol. The molecule has 1 saturated heterocycles. The van der Waals surface area contributed by atoms with E-state index in [-0.39, 0.29) is 23.9 Å². The van der Waals surface area contributed by atoms with Gasteiger partial charge in [0.1, 0.15) is 6.10 Å². The topological polar surface area (TPSA) is 48.4 Å². The number of cyclic esters (lactones) is 1. The molecule has 186 valence electrons. The number of carbonyl (C=O) groups is 1. The van der Waals surface area contributed by atoms with Gasteiger partial charge in [-0.15, -0.1) is 0 Å². The summed E-state index contributed by atoms with van der Waals surface area (Å²) < 4.78 is 12.1. The molecule has 1 saturated carbocycles. The number of fused-ring (bicyclic) bond motifs is 1. The van der Waals surface area contributed by atoms with Gasteiger partial charge in [0.15, 0.2) is 0 Å². The van der Waals surface area contributed by atoms with Crippen LogP contribution >= 0.6 is 0 Å². The maximum absolute atomic E-state index is 13.2. The van der Waals surface area contributed by atoms with E-state index in [1.807, 2.05) is 49.5 Å². The lowest BCUT2D eigenvalue weighted by atomic mass is 9.57. The van der Waals surface area contributed by atoms with Gasteiger partial charge in [-0.1, -0.05) is 86.2 Å². The fraction of sp³-hybridized carbons (Fsp3) is 0.375. The van der Waals surface area contributed by atoms with Crippen LogP contribution in [0.3, 0.4) is 0 Å². The minimum Gasteiger partial charge on any atom is -0.462 e. The molecule has 1 aliphatic heterocycles. The van der Waals surface area contributed by atoms with Crippen molar-refractivity contribution in [1.29, 1.82) is 0 Å². The molecule has 2 fully saturated rings. The highest BCUT2D eigenvalue weighted by molar-refractivity contribution is 5.80. The third-order valence-electron chi connectivity index (χ3n) is 8.14. The summed E-state index contributed by atoms with van der Waals surface area (Å²) >= 11 is 0. The maximum Gasteiger partial charge on any atom is 0.315 e. The first-order valence-corrected chi connectivity index (χ1v) is 13.1. The number of benzene rings is 2. The first kappa shape index (κ1) is 24.5. The van der Waals surface area contributed by atoms with E-state index in [4.69, 9.17) is 14.5 Å². The van der Waals surface area contributed by atoms with Crippen LogP contribution in [0.4, 0.5) is 0 Å². The standard InChI is InChI=1S/C32H35NO3/c1-3-25-18-19-32(22-35-21-24-10-6-4-7-11-24)30(23(2)36-31(32)34)29(25)17-16-28-15-14-27(20-33-28)26-12-8-5-9-13-26/h4-17,20,23,25,29-30H,3,18-19,21-22H2,1-2H3/b17-16+/t23-,25-,29+,30+,32+/m1/s1. The van der Waals surface area contributed by atoms with Crippen LogP contribution in [-0.4, -0.2) is 23.7 Å². The van der Waals surface area contributed by atoms with Crippen molar-refractivity contribution in [3.05, 3.63) is 96.3 Å². The first-order chi connectivity index (χ1) is 17.6. The molecule has 4 heteroatoms. The quantitative estimate of drug-likeness (QED) is 0.326. The van der Waals surface area contributed by atoms with E-state index in [1.165, 1.54) is 0 Å². The fourth-order valence-electron chi connectivity index (χ4n) is 6.24. The van der Waals surface area contributed by atoms with Gasteiger partial charge in [-0.3, -0.25) is 9.78 Å². The number of esters is 1. The van der Waals surface area contributed by atoms with Crippen molar-refractivity contribution in [2.24, 2.45) is 23.2 Å². The van der Waals surface area contributed by atoms with Gasteiger partial charge in [0.05, 0.1) is 24.3 Å². The molecule has 0 unspecified atom stereocenters. The lowest BCUT2D eigenvalue weighted by Crippen LogP contribution is -2.48. The SMILES string of the molecule is CC[C@@H]1CC[C@@]2(COCc3ccccc3)C(=O)O[C@H](C)[C@H]2[C@H]1/C=C/c1ccc(-c2ccccc2)cn1. The molecule has 1 aromatic heterocycles. The third kappa shape index (κ3) is 4.87. The highest BCUT2D eigenvalue weighted by Gasteiger charge is 2.61. The number of hydrogen-bond donors (Lipinski definition) is 0. The van der Waals surface area contributed by atoms with Gasteiger partial charge < -0.3 is 9.47 Å². The Morgan fingerprint density at radius 1 is 1.03 bits per heavy atom. The predicted molar refractivity (Wildman–Crippen MR) is 143 cm³/mol. The second-order valence-electron chi connectivity index (χ2n) is 10.3. The fourth-order valence-corrected chi connectivity index (χ4v) is 6.24. The molecule has 0 N–H and O–H groups in total. The van der Waals surface area contributed by atoms with Gasteiger partial charge in [-0.05, 0) is 54.9 Å². The Labute approximate surface area is 214 Å². The summed E-state index contributed by atoms with van der Waals surface area (Å²) in [5.74, 6) is 0.751. The molecule has 0 spiro atoms. The molecule has 1 aliphatic carbocycles. The minimum absolute atomic E-state index is 0.0913. The molecular formula is C32H35NO3. The number of carbonyl (C=O) groups excluding carboxylic acids is 1. The van der Waals surface area contributed by atoms with Crippen LogP contribution < -0.4 is 0 Å². The molecular weight excluding hydrogens is 446 g/mol. The summed E-state index contributed by atoms with van der Waals surface area (Å²) in [5.41, 5.74) is 3.73. The lowest BCUT2D eigenvalue weighted by Gasteiger charge is -2.44. The van der Waals surface area contributed by atoms with Crippen molar-refractivity contribution in [2.45, 2.75) is 45.8 Å². The molecule has 2 aliphatic rings. The van der Waals surface area contributed by atoms with E-state index in [1.54, 1.807) is 0 Å². The van der Waals surface area contributed by atoms with E-state index in [0.717, 1.165) is 41.6 Å². The molecule has 5 atom stereocenters. The third-order valence-corrected chi connectivity index (χ3v) is 8.14. The average molecular weight is 482 g/mol. The number of aromatic nitrogens is 1. The number of hydrogen-bond acceptors (Lipinski definition) is 4. The molecule has 5 rings (SSSR count). The van der Waals surface area contributed by atoms with E-state index in [2.05, 4.69) is 55.5 Å². The molecule has 0 radical (unpaired) electrons. The van der Waals surface area contributed by atoms with Crippen molar-refractivity contribution < 1.29 is 14.3 Å². The first-order valence-electron chi connectivity index (χ1n) is 13.1. The largest absolute Gasteiger partial charge is 0.462 e. The number of rotatable bonds is 8. The zero-order valence-corrected chi connectivity index (χ0v) is 21.2. The Kier molecular flexibility index (Phi) is 7.33. The molecule has 3 aromatic rings. The van der Waals surface area contributed by atoms with Gasteiger partial charge >= 0.3 is 5.97 Å². The molecule has 4 nitrogen and oxygen atoms in total. The number of nitrogens with zero attached hydrogens (tertiary/aromatic N) is 1. The summed E-state index contributed by atoms with van der Waals surface area (Å²) in [6.45, 7) is 5.21. The average Bonchev–Trinajstić information content (AvgIpc) is 3.18. The normalized spacial score (nSPS) is 27.7. The Morgan fingerprint density at radius 3 is 2.47 bits per heavy atom. The maximum atomic E-state index is 13.2. The molecule has 2 heterocycles. The summed E-state index contributed by atoms with van der Waals surface area (Å²) in [4.78, 5) is 17.9. The van der Waals surface area contributed by atoms with Crippen molar-refractivity contribution in [2.75, 3.05) is 6.61 Å². The van der Waals surface area contributed by atoms with Gasteiger partial charge in [-0.2, -0.15) is 0 Å². The van der Waals surface area contributed by atoms with Crippen LogP contribution in [0, 0.1) is 23.2 Å². The number of allylic oxidation sites excluding steroid dienone is 1. The van der Waals surface area contributed by atoms with E-state index in [0.29, 0.717) is 19.1 Å². The highest BCUT2D eigenvalue weighted by atomic mass is 16.6. The summed E-state index contributed by atoms with van der Waals surface area (Å²) in [5, 5.41) is 0. The van der Waals surface area contributed by atoms with E-state index in [9.17, 15) is 4.79 Å². The Hall–Kier alpha value is -3.24. The Bertz CT molecular complexity index is 1180. The van der Waals surface area contributed by atoms with Gasteiger partial charge in [0.25, 0.3) is 0 Å². The zero-order chi connectivity index (χ0) is 25.0. The second-order valence-corrected chi connectivity index (χ2v) is 10.3. The Morgan fingerprint density at radius 2 is 1.78 bits per heavy atom. The van der Waals surface area contributed by atoms with Crippen LogP contribution in [-0.2, 0) is 20.9 Å². The van der Waals surface area contributed by atoms with Gasteiger partial charge in [0, 0.05) is 17.7 Å². The molecule has 0 bridgehead atoms. The zero-order valence-electron chi connectivity index (χ0n) is 21.2. The lowest BCUT2D eigenvalue weighted by molar-refractivity contribution is -0.153.